The summed E-state index contributed by atoms with van der Waals surface area (Å²) in [7, 11) is -7.71. The fourth-order valence-electron chi connectivity index (χ4n) is 20.2. The van der Waals surface area contributed by atoms with Crippen molar-refractivity contribution in [1.29, 1.82) is 0 Å². The van der Waals surface area contributed by atoms with Crippen molar-refractivity contribution < 1.29 is 108 Å². The molecule has 0 bridgehead atoms. The van der Waals surface area contributed by atoms with Gasteiger partial charge in [0, 0.05) is 33.9 Å². The van der Waals surface area contributed by atoms with Gasteiger partial charge in [0.25, 0.3) is 0 Å². The summed E-state index contributed by atoms with van der Waals surface area (Å²) in [5.74, 6) is -4.37. The summed E-state index contributed by atoms with van der Waals surface area (Å²) < 4.78 is 117. The van der Waals surface area contributed by atoms with Gasteiger partial charge in [-0.2, -0.15) is 0 Å². The molecule has 16 rings (SSSR count). The van der Waals surface area contributed by atoms with E-state index in [9.17, 15) is 108 Å². The predicted molar refractivity (Wildman–Crippen MR) is 436 cm³/mol. The van der Waals surface area contributed by atoms with E-state index in [1.54, 1.807) is 48.5 Å². The van der Waals surface area contributed by atoms with Crippen LogP contribution in [0.25, 0.3) is 0 Å². The topological polar surface area (TPSA) is 501 Å². The molecule has 118 heavy (non-hydrogen) atoms. The van der Waals surface area contributed by atoms with Crippen LogP contribution in [0, 0.1) is 47.3 Å². The van der Waals surface area contributed by atoms with E-state index < -0.39 is 225 Å². The van der Waals surface area contributed by atoms with Crippen LogP contribution in [0.5, 0.6) is 0 Å². The average molecular weight is 2080 g/mol. The van der Waals surface area contributed by atoms with E-state index in [4.69, 9.17) is 46.4 Å². The van der Waals surface area contributed by atoms with Crippen molar-refractivity contribution in [2.45, 2.75) is 257 Å². The zero-order chi connectivity index (χ0) is 87.2. The number of aliphatic hydroxyl groups is 6. The second-order valence-electron chi connectivity index (χ2n) is 33.7. The second kappa shape index (κ2) is 35.5. The Balaban J connectivity index is 0.000000139. The molecule has 4 aliphatic carbocycles. The van der Waals surface area contributed by atoms with Gasteiger partial charge in [0.05, 0.1) is 24.3 Å². The van der Waals surface area contributed by atoms with Gasteiger partial charge in [0.1, 0.15) is 0 Å². The molecule has 3 unspecified atom stereocenters. The fraction of sp³-hybridized carbons (Fsp3) is 0.692. The summed E-state index contributed by atoms with van der Waals surface area (Å²) in [6, 6.07) is -3.36. The minimum absolute atomic E-state index is 0.177. The molecule has 0 radical (unpaired) electrons. The van der Waals surface area contributed by atoms with E-state index in [-0.39, 0.29) is 65.2 Å². The number of carbonyl (C=O) groups excluding carboxylic acids is 8. The number of carbonyl (C=O) groups is 8. The molecule has 30 nitrogen and oxygen atoms in total. The Labute approximate surface area is 720 Å². The Bertz CT molecular complexity index is 4630. The molecule has 12 aliphatic heterocycles. The summed E-state index contributed by atoms with van der Waals surface area (Å²) in [6.45, 7) is 13.4. The van der Waals surface area contributed by atoms with Gasteiger partial charge in [-0.25, -0.2) is 16.8 Å². The maximum atomic E-state index is 13.0. The maximum absolute atomic E-state index is 13.0. The molecule has 12 N–H and O–H groups in total. The van der Waals surface area contributed by atoms with Crippen LogP contribution in [0.4, 0.5) is 0 Å². The number of halogens is 4. The average Bonchev–Trinajstić information content (AvgIpc) is 1.50. The summed E-state index contributed by atoms with van der Waals surface area (Å²) in [4.78, 5) is 97.1. The third kappa shape index (κ3) is 14.0. The van der Waals surface area contributed by atoms with Gasteiger partial charge < -0.3 is 20.8 Å². The van der Waals surface area contributed by atoms with E-state index in [1.165, 1.54) is 11.9 Å². The van der Waals surface area contributed by atoms with E-state index in [0.717, 1.165) is 56.8 Å². The van der Waals surface area contributed by atoms with Crippen LogP contribution >= 0.6 is 46.4 Å². The fourth-order valence-corrected chi connectivity index (χ4v) is 45.3. The quantitative estimate of drug-likeness (QED) is 0.0353. The van der Waals surface area contributed by atoms with Crippen molar-refractivity contribution in [2.24, 2.45) is 47.3 Å². The van der Waals surface area contributed by atoms with Crippen LogP contribution < -0.4 is 31.9 Å². The van der Waals surface area contributed by atoms with E-state index >= 15 is 0 Å². The van der Waals surface area contributed by atoms with Crippen molar-refractivity contribution >= 4 is 169 Å². The Morgan fingerprint density at radius 1 is 0.508 bits per heavy atom. The number of sulfone groups is 2. The molecule has 16 aliphatic rings. The van der Waals surface area contributed by atoms with Crippen molar-refractivity contribution in [3.8, 4) is 0 Å². The number of hydrogen-bond donors (Lipinski definition) is 12. The van der Waals surface area contributed by atoms with E-state index in [0.29, 0.717) is 85.4 Å². The van der Waals surface area contributed by atoms with E-state index in [1.807, 2.05) is 48.6 Å². The summed E-state index contributed by atoms with van der Waals surface area (Å²) in [5.41, 5.74) is 2.50. The molecule has 0 aromatic heterocycles. The normalized spacial score (nSPS) is 39.0. The van der Waals surface area contributed by atoms with Crippen molar-refractivity contribution in [3.63, 3.8) is 0 Å². The first-order chi connectivity index (χ1) is 55.4. The van der Waals surface area contributed by atoms with Gasteiger partial charge in [-0.15, -0.1) is 23.2 Å². The third-order valence-corrected chi connectivity index (χ3v) is 52.7. The number of amides is 6. The van der Waals surface area contributed by atoms with Crippen molar-refractivity contribution in [1.82, 2.24) is 31.9 Å². The Morgan fingerprint density at radius 3 is 1.35 bits per heavy atom. The zero-order valence-corrected chi connectivity index (χ0v) is 78.6. The molecule has 8 fully saturated rings. The molecule has 0 aromatic carbocycles. The number of fused-ring (bicyclic) bond motifs is 6. The van der Waals surface area contributed by atoms with Gasteiger partial charge in [-0.05, 0) is 69.4 Å². The zero-order valence-electron chi connectivity index (χ0n) is 66.5. The Morgan fingerprint density at radius 2 is 0.932 bits per heavy atom. The molecule has 656 valence electrons. The van der Waals surface area contributed by atoms with Crippen molar-refractivity contribution in [3.05, 3.63) is 90.7 Å². The molecule has 40 heteroatoms. The molecule has 6 amide bonds. The van der Waals surface area contributed by atoms with Gasteiger partial charge in [-0.3, -0.25) is 9.59 Å². The second-order valence-corrected chi connectivity index (χ2v) is 56.5. The minimum atomic E-state index is -4.77. The first-order valence-corrected chi connectivity index (χ1v) is 57.1. The number of aliphatic hydroxyl groups excluding tert-OH is 6. The first kappa shape index (κ1) is 94.7. The Kier molecular flexibility index (Phi) is 28.5. The predicted octanol–water partition coefficient (Wildman–Crippen LogP) is 4.10. The van der Waals surface area contributed by atoms with Crippen LogP contribution in [0.3, 0.4) is 0 Å². The standard InChI is InChI=1S/C15H20ClNO4S.C15H20ClNO4Se.C14H18ClNO4S.C14H18ClNO4Se.C10H15NO4Se.C10H15NO4Te/c2*1-9-11(7-8-16)12-15(14(19)17-12,22(9,20)21)13(18)10-5-3-2-4-6-10;2*15-7-6-10-8-21(19,20)14(11(10)16-13(14)18)12(17)9-4-2-1-3-5-9;2*1-4(2)7(12)10-6(11-9(10)14)5(3)8(13)16(10)15/h2*3,5,10,12-13,18H,2,4,6-8H2,1H3,(H,17,19);2*2,4,8-9,11-12,17H,1,3,5-7H2,(H,16,18);2*4-7,12H,1-3H3,(H,11,14)/t2*10-,12+,13+,15+;2*9-,11+,12+,14+;5?,6-,7-,10-,16?;5?,6-,7-,10-/m111100/s1. The molecule has 0 saturated carbocycles. The number of alkyl halides is 4. The van der Waals surface area contributed by atoms with Gasteiger partial charge in [0.15, 0.2) is 19.7 Å². The third-order valence-electron chi connectivity index (χ3n) is 26.9. The summed E-state index contributed by atoms with van der Waals surface area (Å²) in [6.07, 6.45) is 20.1. The molecule has 8 saturated heterocycles. The number of rotatable bonds is 20. The van der Waals surface area contributed by atoms with E-state index in [2.05, 4.69) is 31.9 Å². The summed E-state index contributed by atoms with van der Waals surface area (Å²) >= 11 is 7.05. The van der Waals surface area contributed by atoms with Crippen LogP contribution in [-0.4, -0.2) is 256 Å². The van der Waals surface area contributed by atoms with Crippen LogP contribution in [0.2, 0.25) is 16.4 Å². The van der Waals surface area contributed by atoms with Crippen LogP contribution in [0.1, 0.15) is 158 Å². The van der Waals surface area contributed by atoms with Gasteiger partial charge in [0.2, 0.25) is 21.3 Å². The number of β-lactam (4-membered cyclic amide) rings is 6. The van der Waals surface area contributed by atoms with Crippen LogP contribution in [-0.2, 0) is 80.3 Å². The molecular weight excluding hydrogens is 1980 g/mol. The van der Waals surface area contributed by atoms with Crippen molar-refractivity contribution in [2.75, 3.05) is 23.5 Å². The SMILES string of the molecule is CC(C)[C@H](O)[C@]12C(=O)N[C@H]1C(C)C(=O)[Se]2=O.CC(C)[C@H](O)[C@]12C(=O)N[C@H]1C(C)C(=O)[Te]2=O.CC1=C(CCCl)[C@@H]2NC(=O)[C@]2([C@@H](O)[C@@H]2C=CCCC2)S1(=O)=O.CC1=C(CCCl)[C@@H]2NC(=O)[C@]2([C@@H](O)[C@@H]2C=CCCC2)[Se]1(=O)=O.O=C1N[C@H]2C(CCCl)=CS(=O)(=O)[C@@]12[C@@H](O)[C@@H]1C=CCCC1.O=C1N[C@H]2C(CCCl)=C[Se](=O)(=O)[C@@]12[C@@H](O)[C@@H]1C=CCCC1. The number of allylic oxidation sites excluding steroid dienone is 6. The molecule has 12 heterocycles. The molecular formula is C78H106Cl4N6O24S2Se3Te. The van der Waals surface area contributed by atoms with Gasteiger partial charge in [-0.1, -0.05) is 24.3 Å². The first-order valence-electron chi connectivity index (χ1n) is 39.9. The molecule has 25 atom stereocenters. The molecule has 0 aromatic rings. The summed E-state index contributed by atoms with van der Waals surface area (Å²) in [5, 5.41) is 80.2. The Hall–Kier alpha value is -3.95. The number of nitrogens with one attached hydrogen (secondary N) is 6. The van der Waals surface area contributed by atoms with Crippen LogP contribution in [0.15, 0.2) is 90.7 Å². The monoisotopic (exact) mass is 2080 g/mol. The number of hydrogen-bond acceptors (Lipinski definition) is 24. The molecule has 0 spiro atoms. The van der Waals surface area contributed by atoms with Gasteiger partial charge >= 0.3 is 464 Å².